The molecule has 2 aromatic heterocycles. The molecule has 1 aliphatic rings. The van der Waals surface area contributed by atoms with E-state index in [-0.39, 0.29) is 0 Å². The second-order valence-corrected chi connectivity index (χ2v) is 6.72. The smallest absolute Gasteiger partial charge is 0.0762 e. The first-order valence-electron chi connectivity index (χ1n) is 8.03. The average molecular weight is 304 g/mol. The molecule has 0 saturated heterocycles. The minimum atomic E-state index is 0.324. The molecule has 0 amide bonds. The minimum absolute atomic E-state index is 0.324. The Balaban J connectivity index is 1.94. The van der Waals surface area contributed by atoms with E-state index in [1.54, 1.807) is 10.4 Å². The topological polar surface area (TPSA) is 42.7 Å². The number of hydrogen-bond acceptors (Lipinski definition) is 4. The van der Waals surface area contributed by atoms with Crippen LogP contribution < -0.4 is 5.32 Å². The average Bonchev–Trinajstić information content (AvgIpc) is 3.13. The van der Waals surface area contributed by atoms with E-state index in [0.717, 1.165) is 19.5 Å². The second kappa shape index (κ2) is 6.71. The third-order valence-electron chi connectivity index (χ3n) is 4.33. The molecule has 2 atom stereocenters. The number of thiophene rings is 1. The number of nitrogens with one attached hydrogen (secondary N) is 1. The molecule has 0 aromatic carbocycles. The number of aryl methyl sites for hydroxylation is 2. The third kappa shape index (κ3) is 2.90. The van der Waals surface area contributed by atoms with Gasteiger partial charge in [0.15, 0.2) is 0 Å². The first-order valence-corrected chi connectivity index (χ1v) is 8.91. The fourth-order valence-corrected chi connectivity index (χ4v) is 4.43. The Morgan fingerprint density at radius 1 is 1.48 bits per heavy atom. The van der Waals surface area contributed by atoms with Crippen LogP contribution in [0.25, 0.3) is 0 Å². The molecule has 0 saturated carbocycles. The van der Waals surface area contributed by atoms with Crippen LogP contribution in [-0.4, -0.2) is 21.5 Å². The summed E-state index contributed by atoms with van der Waals surface area (Å²) >= 11 is 1.91. The van der Waals surface area contributed by atoms with Crippen molar-refractivity contribution in [2.45, 2.75) is 58.0 Å². The van der Waals surface area contributed by atoms with Crippen molar-refractivity contribution >= 4 is 11.3 Å². The molecule has 4 nitrogen and oxygen atoms in total. The van der Waals surface area contributed by atoms with Crippen LogP contribution in [0.15, 0.2) is 17.6 Å². The third-order valence-corrected chi connectivity index (χ3v) is 5.32. The molecule has 2 aromatic rings. The molecule has 0 radical (unpaired) electrons. The summed E-state index contributed by atoms with van der Waals surface area (Å²) in [5, 5.41) is 14.4. The van der Waals surface area contributed by atoms with Crippen LogP contribution in [0.4, 0.5) is 0 Å². The van der Waals surface area contributed by atoms with Gasteiger partial charge in [0.1, 0.15) is 0 Å². The monoisotopic (exact) mass is 304 g/mol. The lowest BCUT2D eigenvalue weighted by atomic mass is 9.81. The van der Waals surface area contributed by atoms with Crippen LogP contribution in [0.1, 0.15) is 61.2 Å². The maximum absolute atomic E-state index is 4.28. The molecular formula is C16H24N4S. The van der Waals surface area contributed by atoms with E-state index in [1.807, 2.05) is 17.5 Å². The molecule has 1 aliphatic carbocycles. The first-order chi connectivity index (χ1) is 10.3. The van der Waals surface area contributed by atoms with E-state index < -0.39 is 0 Å². The van der Waals surface area contributed by atoms with Crippen molar-refractivity contribution < 1.29 is 0 Å². The van der Waals surface area contributed by atoms with Gasteiger partial charge in [0.2, 0.25) is 0 Å². The fraction of sp³-hybridized carbons (Fsp3) is 0.625. The highest BCUT2D eigenvalue weighted by Gasteiger charge is 2.31. The van der Waals surface area contributed by atoms with Crippen molar-refractivity contribution in [2.75, 3.05) is 6.54 Å². The second-order valence-electron chi connectivity index (χ2n) is 5.72. The van der Waals surface area contributed by atoms with Gasteiger partial charge in [-0.15, -0.1) is 16.4 Å². The van der Waals surface area contributed by atoms with Gasteiger partial charge in [-0.25, -0.2) is 4.68 Å². The Hall–Kier alpha value is -1.20. The summed E-state index contributed by atoms with van der Waals surface area (Å²) in [5.74, 6) is 0.550. The van der Waals surface area contributed by atoms with Crippen molar-refractivity contribution in [3.8, 4) is 0 Å². The van der Waals surface area contributed by atoms with Gasteiger partial charge in [-0.05, 0) is 49.2 Å². The summed E-state index contributed by atoms with van der Waals surface area (Å²) < 4.78 is 2.08. The summed E-state index contributed by atoms with van der Waals surface area (Å²) in [6, 6.07) is 2.65. The van der Waals surface area contributed by atoms with Crippen molar-refractivity contribution in [1.82, 2.24) is 20.3 Å². The Kier molecular flexibility index (Phi) is 4.70. The zero-order chi connectivity index (χ0) is 14.7. The summed E-state index contributed by atoms with van der Waals surface area (Å²) in [4.78, 5) is 1.57. The fourth-order valence-electron chi connectivity index (χ4n) is 3.43. The van der Waals surface area contributed by atoms with Gasteiger partial charge < -0.3 is 5.32 Å². The van der Waals surface area contributed by atoms with Crippen LogP contribution >= 0.6 is 11.3 Å². The lowest BCUT2D eigenvalue weighted by molar-refractivity contribution is 0.383. The van der Waals surface area contributed by atoms with E-state index in [2.05, 4.69) is 45.6 Å². The summed E-state index contributed by atoms with van der Waals surface area (Å²) in [7, 11) is 0. The molecule has 2 heterocycles. The highest BCUT2D eigenvalue weighted by atomic mass is 32.1. The van der Waals surface area contributed by atoms with E-state index in [9.17, 15) is 0 Å². The van der Waals surface area contributed by atoms with Gasteiger partial charge in [-0.3, -0.25) is 0 Å². The molecule has 114 valence electrons. The van der Waals surface area contributed by atoms with E-state index in [1.165, 1.54) is 25.0 Å². The van der Waals surface area contributed by atoms with E-state index in [0.29, 0.717) is 12.0 Å². The molecule has 2 unspecified atom stereocenters. The molecule has 3 rings (SSSR count). The highest BCUT2D eigenvalue weighted by Crippen LogP contribution is 2.42. The van der Waals surface area contributed by atoms with Gasteiger partial charge in [-0.1, -0.05) is 19.1 Å². The van der Waals surface area contributed by atoms with Crippen LogP contribution in [-0.2, 0) is 13.0 Å². The largest absolute Gasteiger partial charge is 0.308 e. The Bertz CT molecular complexity index is 574. The van der Waals surface area contributed by atoms with Crippen molar-refractivity contribution in [2.24, 2.45) is 0 Å². The summed E-state index contributed by atoms with van der Waals surface area (Å²) in [6.45, 7) is 6.28. The number of rotatable bonds is 6. The lowest BCUT2D eigenvalue weighted by Crippen LogP contribution is -2.30. The van der Waals surface area contributed by atoms with Crippen LogP contribution in [0.2, 0.25) is 0 Å². The maximum atomic E-state index is 4.28. The molecule has 5 heteroatoms. The maximum Gasteiger partial charge on any atom is 0.0762 e. The number of likely N-dealkylation sites (N-methyl/N-ethyl adjacent to an activating group) is 1. The lowest BCUT2D eigenvalue weighted by Gasteiger charge is -2.31. The molecule has 0 bridgehead atoms. The zero-order valence-electron chi connectivity index (χ0n) is 12.9. The molecule has 0 aliphatic heterocycles. The number of aromatic nitrogens is 3. The predicted molar refractivity (Wildman–Crippen MR) is 86.7 cm³/mol. The van der Waals surface area contributed by atoms with Gasteiger partial charge >= 0.3 is 0 Å². The minimum Gasteiger partial charge on any atom is -0.308 e. The normalized spacial score (nSPS) is 19.4. The molecule has 1 N–H and O–H groups in total. The summed E-state index contributed by atoms with van der Waals surface area (Å²) in [6.07, 6.45) is 6.82. The van der Waals surface area contributed by atoms with Gasteiger partial charge in [0.05, 0.1) is 17.9 Å². The van der Waals surface area contributed by atoms with Crippen molar-refractivity contribution in [1.29, 1.82) is 0 Å². The van der Waals surface area contributed by atoms with Crippen molar-refractivity contribution in [3.05, 3.63) is 33.8 Å². The highest BCUT2D eigenvalue weighted by molar-refractivity contribution is 7.10. The standard InChI is InChI=1S/C16H24N4S/c1-3-9-20-14(11-18-19-20)16(17-4-2)13-6-5-7-15-12(13)8-10-21-15/h8,10-11,13,16-17H,3-7,9H2,1-2H3. The van der Waals surface area contributed by atoms with Crippen LogP contribution in [0.3, 0.4) is 0 Å². The summed E-state index contributed by atoms with van der Waals surface area (Å²) in [5.41, 5.74) is 2.78. The number of fused-ring (bicyclic) bond motifs is 1. The van der Waals surface area contributed by atoms with Gasteiger partial charge in [0.25, 0.3) is 0 Å². The number of hydrogen-bond donors (Lipinski definition) is 1. The predicted octanol–water partition coefficient (Wildman–Crippen LogP) is 3.52. The number of nitrogens with zero attached hydrogens (tertiary/aromatic N) is 3. The molecule has 0 spiro atoms. The Morgan fingerprint density at radius 3 is 3.19 bits per heavy atom. The van der Waals surface area contributed by atoms with Gasteiger partial charge in [0, 0.05) is 17.3 Å². The Morgan fingerprint density at radius 2 is 2.38 bits per heavy atom. The quantitative estimate of drug-likeness (QED) is 0.888. The van der Waals surface area contributed by atoms with E-state index >= 15 is 0 Å². The molecule has 0 fully saturated rings. The molecule has 21 heavy (non-hydrogen) atoms. The molecular weight excluding hydrogens is 280 g/mol. The van der Waals surface area contributed by atoms with E-state index in [4.69, 9.17) is 0 Å². The Labute approximate surface area is 130 Å². The first kappa shape index (κ1) is 14.7. The van der Waals surface area contributed by atoms with Crippen LogP contribution in [0, 0.1) is 0 Å². The van der Waals surface area contributed by atoms with Crippen molar-refractivity contribution in [3.63, 3.8) is 0 Å². The SMILES string of the molecule is CCCn1nncc1C(NCC)C1CCCc2sccc21. The van der Waals surface area contributed by atoms with Gasteiger partial charge in [-0.2, -0.15) is 0 Å². The van der Waals surface area contributed by atoms with Crippen LogP contribution in [0.5, 0.6) is 0 Å². The zero-order valence-corrected chi connectivity index (χ0v) is 13.7.